The monoisotopic (exact) mass is 282 g/mol. The fraction of sp³-hybridized carbons (Fsp3) is 0.917. The summed E-state index contributed by atoms with van der Waals surface area (Å²) in [6.07, 6.45) is 1.44. The molecule has 1 atom stereocenters. The molecule has 18 heavy (non-hydrogen) atoms. The van der Waals surface area contributed by atoms with Crippen LogP contribution < -0.4 is 10.6 Å². The highest BCUT2D eigenvalue weighted by molar-refractivity contribution is 5.85. The van der Waals surface area contributed by atoms with Crippen molar-refractivity contribution in [2.45, 2.75) is 38.0 Å². The molecule has 1 saturated carbocycles. The summed E-state index contributed by atoms with van der Waals surface area (Å²) >= 11 is 0. The van der Waals surface area contributed by atoms with E-state index >= 15 is 0 Å². The molecule has 0 radical (unpaired) electrons. The van der Waals surface area contributed by atoms with Gasteiger partial charge >= 0.3 is 0 Å². The lowest BCUT2D eigenvalue weighted by atomic mass is 9.86. The van der Waals surface area contributed by atoms with Crippen LogP contribution in [0.2, 0.25) is 0 Å². The molecule has 1 aliphatic heterocycles. The molecule has 0 spiro atoms. The van der Waals surface area contributed by atoms with E-state index in [4.69, 9.17) is 0 Å². The Morgan fingerprint density at radius 3 is 2.50 bits per heavy atom. The standard InChI is InChI=1S/C12H20F2N2O.ClH/c13-12(14)4-1-10(2-5-12)11(17)16-8-9-3-6-15-7-9;/h9-10,15H,1-8H2,(H,16,17);1H. The minimum Gasteiger partial charge on any atom is -0.356 e. The van der Waals surface area contributed by atoms with E-state index in [-0.39, 0.29) is 37.1 Å². The fourth-order valence-corrected chi connectivity index (χ4v) is 2.58. The first kappa shape index (κ1) is 15.6. The Balaban J connectivity index is 0.00000162. The summed E-state index contributed by atoms with van der Waals surface area (Å²) in [5, 5.41) is 6.13. The third kappa shape index (κ3) is 4.35. The fourth-order valence-electron chi connectivity index (χ4n) is 2.58. The number of hydrogen-bond donors (Lipinski definition) is 2. The van der Waals surface area contributed by atoms with E-state index in [1.165, 1.54) is 0 Å². The molecule has 0 bridgehead atoms. The molecule has 1 heterocycles. The van der Waals surface area contributed by atoms with Crippen LogP contribution >= 0.6 is 12.4 Å². The minimum atomic E-state index is -2.55. The molecular formula is C12H21ClF2N2O. The van der Waals surface area contributed by atoms with Gasteiger partial charge < -0.3 is 10.6 Å². The lowest BCUT2D eigenvalue weighted by molar-refractivity contribution is -0.129. The van der Waals surface area contributed by atoms with Crippen LogP contribution in [0.5, 0.6) is 0 Å². The Bertz CT molecular complexity index is 273. The highest BCUT2D eigenvalue weighted by Crippen LogP contribution is 2.36. The molecule has 1 saturated heterocycles. The van der Waals surface area contributed by atoms with Gasteiger partial charge in [0.25, 0.3) is 0 Å². The van der Waals surface area contributed by atoms with Gasteiger partial charge in [-0.05, 0) is 38.3 Å². The van der Waals surface area contributed by atoms with E-state index in [0.717, 1.165) is 19.5 Å². The summed E-state index contributed by atoms with van der Waals surface area (Å²) in [6, 6.07) is 0. The maximum atomic E-state index is 12.9. The van der Waals surface area contributed by atoms with Crippen LogP contribution in [-0.4, -0.2) is 31.5 Å². The molecule has 0 aromatic rings. The van der Waals surface area contributed by atoms with Crippen LogP contribution in [0, 0.1) is 11.8 Å². The quantitative estimate of drug-likeness (QED) is 0.831. The van der Waals surface area contributed by atoms with E-state index in [2.05, 4.69) is 10.6 Å². The van der Waals surface area contributed by atoms with Gasteiger partial charge in [-0.2, -0.15) is 0 Å². The summed E-state index contributed by atoms with van der Waals surface area (Å²) in [5.74, 6) is -2.29. The van der Waals surface area contributed by atoms with Gasteiger partial charge in [0.15, 0.2) is 0 Å². The van der Waals surface area contributed by atoms with Gasteiger partial charge in [-0.25, -0.2) is 8.78 Å². The average Bonchev–Trinajstić information content (AvgIpc) is 2.78. The zero-order chi connectivity index (χ0) is 12.3. The number of carbonyl (C=O) groups excluding carboxylic acids is 1. The molecule has 2 N–H and O–H groups in total. The molecule has 3 nitrogen and oxygen atoms in total. The minimum absolute atomic E-state index is 0. The normalized spacial score (nSPS) is 27.6. The van der Waals surface area contributed by atoms with Crippen molar-refractivity contribution in [1.29, 1.82) is 0 Å². The van der Waals surface area contributed by atoms with E-state index in [1.807, 2.05) is 0 Å². The Hall–Kier alpha value is -0.420. The van der Waals surface area contributed by atoms with Crippen molar-refractivity contribution in [3.05, 3.63) is 0 Å². The largest absolute Gasteiger partial charge is 0.356 e. The Kier molecular flexibility index (Phi) is 5.79. The first-order valence-electron chi connectivity index (χ1n) is 6.43. The van der Waals surface area contributed by atoms with Crippen LogP contribution in [0.25, 0.3) is 0 Å². The lowest BCUT2D eigenvalue weighted by Crippen LogP contribution is -2.38. The average molecular weight is 283 g/mol. The molecule has 106 valence electrons. The van der Waals surface area contributed by atoms with Crippen molar-refractivity contribution in [1.82, 2.24) is 10.6 Å². The van der Waals surface area contributed by atoms with Crippen LogP contribution in [0.3, 0.4) is 0 Å². The van der Waals surface area contributed by atoms with Crippen LogP contribution in [0.4, 0.5) is 8.78 Å². The van der Waals surface area contributed by atoms with Crippen LogP contribution in [-0.2, 0) is 4.79 Å². The predicted octanol–water partition coefficient (Wildman–Crippen LogP) is 1.96. The topological polar surface area (TPSA) is 41.1 Å². The predicted molar refractivity (Wildman–Crippen MR) is 68.1 cm³/mol. The van der Waals surface area contributed by atoms with Crippen LogP contribution in [0.15, 0.2) is 0 Å². The molecule has 6 heteroatoms. The SMILES string of the molecule is Cl.O=C(NCC1CCNC1)C1CCC(F)(F)CC1. The maximum absolute atomic E-state index is 12.9. The number of carbonyl (C=O) groups is 1. The third-order valence-electron chi connectivity index (χ3n) is 3.82. The van der Waals surface area contributed by atoms with Crippen molar-refractivity contribution in [2.24, 2.45) is 11.8 Å². The summed E-state index contributed by atoms with van der Waals surface area (Å²) in [4.78, 5) is 11.8. The number of halogens is 3. The van der Waals surface area contributed by atoms with Gasteiger partial charge in [-0.3, -0.25) is 4.79 Å². The molecule has 0 aromatic carbocycles. The van der Waals surface area contributed by atoms with Crippen molar-refractivity contribution in [3.8, 4) is 0 Å². The number of alkyl halides is 2. The van der Waals surface area contributed by atoms with Gasteiger partial charge in [-0.1, -0.05) is 0 Å². The summed E-state index contributed by atoms with van der Waals surface area (Å²) < 4.78 is 25.9. The van der Waals surface area contributed by atoms with Gasteiger partial charge in [-0.15, -0.1) is 12.4 Å². The smallest absolute Gasteiger partial charge is 0.248 e. The van der Waals surface area contributed by atoms with Crippen molar-refractivity contribution in [2.75, 3.05) is 19.6 Å². The second-order valence-corrected chi connectivity index (χ2v) is 5.23. The van der Waals surface area contributed by atoms with Crippen LogP contribution in [0.1, 0.15) is 32.1 Å². The first-order valence-corrected chi connectivity index (χ1v) is 6.43. The molecule has 1 unspecified atom stereocenters. The lowest BCUT2D eigenvalue weighted by Gasteiger charge is -2.27. The summed E-state index contributed by atoms with van der Waals surface area (Å²) in [7, 11) is 0. The summed E-state index contributed by atoms with van der Waals surface area (Å²) in [6.45, 7) is 2.64. The second kappa shape index (κ2) is 6.66. The molecule has 2 fully saturated rings. The number of amides is 1. The second-order valence-electron chi connectivity index (χ2n) is 5.23. The van der Waals surface area contributed by atoms with Crippen molar-refractivity contribution in [3.63, 3.8) is 0 Å². The van der Waals surface area contributed by atoms with Gasteiger partial charge in [0.05, 0.1) is 0 Å². The van der Waals surface area contributed by atoms with E-state index in [1.54, 1.807) is 0 Å². The number of rotatable bonds is 3. The molecule has 2 rings (SSSR count). The highest BCUT2D eigenvalue weighted by atomic mass is 35.5. The zero-order valence-corrected chi connectivity index (χ0v) is 11.2. The third-order valence-corrected chi connectivity index (χ3v) is 3.82. The Morgan fingerprint density at radius 1 is 1.28 bits per heavy atom. The van der Waals surface area contributed by atoms with Crippen molar-refractivity contribution < 1.29 is 13.6 Å². The summed E-state index contributed by atoms with van der Waals surface area (Å²) in [5.41, 5.74) is 0. The number of nitrogens with one attached hydrogen (secondary N) is 2. The van der Waals surface area contributed by atoms with Gasteiger partial charge in [0, 0.05) is 25.3 Å². The maximum Gasteiger partial charge on any atom is 0.248 e. The van der Waals surface area contributed by atoms with E-state index in [9.17, 15) is 13.6 Å². The van der Waals surface area contributed by atoms with Gasteiger partial charge in [0.1, 0.15) is 0 Å². The highest BCUT2D eigenvalue weighted by Gasteiger charge is 2.37. The number of hydrogen-bond acceptors (Lipinski definition) is 2. The Morgan fingerprint density at radius 2 is 1.94 bits per heavy atom. The first-order chi connectivity index (χ1) is 8.07. The zero-order valence-electron chi connectivity index (χ0n) is 10.4. The molecule has 1 aliphatic carbocycles. The molecular weight excluding hydrogens is 262 g/mol. The van der Waals surface area contributed by atoms with E-state index < -0.39 is 5.92 Å². The molecule has 1 amide bonds. The molecule has 0 aromatic heterocycles. The van der Waals surface area contributed by atoms with Crippen molar-refractivity contribution >= 4 is 18.3 Å². The molecule has 2 aliphatic rings. The Labute approximate surface area is 112 Å². The van der Waals surface area contributed by atoms with E-state index in [0.29, 0.717) is 25.3 Å². The van der Waals surface area contributed by atoms with Gasteiger partial charge in [0.2, 0.25) is 11.8 Å².